The van der Waals surface area contributed by atoms with Crippen LogP contribution < -0.4 is 5.32 Å². The number of carbonyl (C=O) groups is 2. The lowest BCUT2D eigenvalue weighted by molar-refractivity contribution is -0.138. The highest BCUT2D eigenvalue weighted by Gasteiger charge is 2.12. The maximum atomic E-state index is 9.88. The van der Waals surface area contributed by atoms with E-state index in [0.29, 0.717) is 0 Å². The van der Waals surface area contributed by atoms with Crippen LogP contribution in [0.5, 0.6) is 0 Å². The second-order valence-corrected chi connectivity index (χ2v) is 1.49. The van der Waals surface area contributed by atoms with Crippen LogP contribution in [0.2, 0.25) is 0 Å². The number of carbonyl (C=O) groups excluding carboxylic acids is 1. The quantitative estimate of drug-likeness (QED) is 0.535. The van der Waals surface area contributed by atoms with Crippen molar-refractivity contribution in [3.05, 3.63) is 0 Å². The molecule has 0 spiro atoms. The number of amides is 1. The fraction of sp³-hybridized carbons (Fsp3) is 0.500. The number of hydrogen-bond donors (Lipinski definition) is 2. The molecule has 0 aromatic heterocycles. The van der Waals surface area contributed by atoms with Crippen molar-refractivity contribution >= 4 is 12.1 Å². The number of carboxylic acid groups (broad SMARTS) is 1. The normalized spacial score (nSPS) is 12.1. The molecular formula is C4H6NO4. The Labute approximate surface area is 51.3 Å². The molecule has 9 heavy (non-hydrogen) atoms. The van der Waals surface area contributed by atoms with Crippen LogP contribution in [0, 0.1) is 0 Å². The molecule has 0 saturated carbocycles. The molecule has 2 N–H and O–H groups in total. The number of nitrogens with one attached hydrogen (secondary N) is 1. The van der Waals surface area contributed by atoms with Crippen molar-refractivity contribution in [3.63, 3.8) is 0 Å². The summed E-state index contributed by atoms with van der Waals surface area (Å²) < 4.78 is 0. The highest BCUT2D eigenvalue weighted by atomic mass is 16.4. The van der Waals surface area contributed by atoms with Crippen LogP contribution in [0.25, 0.3) is 0 Å². The third-order valence-corrected chi connectivity index (χ3v) is 0.705. The van der Waals surface area contributed by atoms with Crippen LogP contribution in [0.1, 0.15) is 6.92 Å². The molecule has 5 heteroatoms. The first-order valence-electron chi connectivity index (χ1n) is 2.24. The predicted molar refractivity (Wildman–Crippen MR) is 26.3 cm³/mol. The molecule has 0 aliphatic rings. The third-order valence-electron chi connectivity index (χ3n) is 0.705. The molecule has 1 unspecified atom stereocenters. The van der Waals surface area contributed by atoms with Crippen LogP contribution in [0.4, 0.5) is 4.79 Å². The Kier molecular flexibility index (Phi) is 2.50. The van der Waals surface area contributed by atoms with E-state index in [1.165, 1.54) is 6.92 Å². The number of carboxylic acids is 1. The Hall–Kier alpha value is -1.26. The Morgan fingerprint density at radius 2 is 2.00 bits per heavy atom. The topological polar surface area (TPSA) is 86.3 Å². The van der Waals surface area contributed by atoms with Crippen LogP contribution in [-0.2, 0) is 9.90 Å². The van der Waals surface area contributed by atoms with Gasteiger partial charge in [0.05, 0.1) is 0 Å². The molecule has 0 aliphatic heterocycles. The molecule has 1 amide bonds. The molecule has 5 nitrogen and oxygen atoms in total. The van der Waals surface area contributed by atoms with Crippen molar-refractivity contribution in [3.8, 4) is 0 Å². The van der Waals surface area contributed by atoms with Gasteiger partial charge in [-0.25, -0.2) is 9.90 Å². The first-order chi connectivity index (χ1) is 4.04. The monoisotopic (exact) mass is 132 g/mol. The summed E-state index contributed by atoms with van der Waals surface area (Å²) in [6, 6.07) is -1.10. The lowest BCUT2D eigenvalue weighted by Crippen LogP contribution is -2.36. The molecular weight excluding hydrogens is 126 g/mol. The minimum atomic E-state index is -1.58. The van der Waals surface area contributed by atoms with Gasteiger partial charge in [-0.1, -0.05) is 0 Å². The van der Waals surface area contributed by atoms with Crippen molar-refractivity contribution in [1.29, 1.82) is 0 Å². The zero-order valence-corrected chi connectivity index (χ0v) is 4.75. The summed E-state index contributed by atoms with van der Waals surface area (Å²) in [5, 5.41) is 19.4. The summed E-state index contributed by atoms with van der Waals surface area (Å²) in [5.41, 5.74) is 0. The minimum absolute atomic E-state index is 1.10. The SMILES string of the molecule is CC(NC([O])=O)C(=O)O. The minimum Gasteiger partial charge on any atom is -0.480 e. The average Bonchev–Trinajstić information content (AvgIpc) is 1.63. The highest BCUT2D eigenvalue weighted by Crippen LogP contribution is 1.79. The second-order valence-electron chi connectivity index (χ2n) is 1.49. The predicted octanol–water partition coefficient (Wildman–Crippen LogP) is -0.400. The Morgan fingerprint density at radius 1 is 1.56 bits per heavy atom. The maximum absolute atomic E-state index is 9.88. The van der Waals surface area contributed by atoms with E-state index < -0.39 is 18.1 Å². The smallest absolute Gasteiger partial charge is 0.451 e. The van der Waals surface area contributed by atoms with Gasteiger partial charge < -0.3 is 10.4 Å². The first-order valence-corrected chi connectivity index (χ1v) is 2.24. The van der Waals surface area contributed by atoms with Gasteiger partial charge in [0.2, 0.25) is 0 Å². The molecule has 0 bridgehead atoms. The van der Waals surface area contributed by atoms with E-state index in [1.54, 1.807) is 5.32 Å². The van der Waals surface area contributed by atoms with Crippen LogP contribution in [0.3, 0.4) is 0 Å². The lowest BCUT2D eigenvalue weighted by Gasteiger charge is -2.01. The lowest BCUT2D eigenvalue weighted by atomic mass is 10.4. The van der Waals surface area contributed by atoms with E-state index in [9.17, 15) is 14.7 Å². The second kappa shape index (κ2) is 2.91. The molecule has 1 radical (unpaired) electrons. The van der Waals surface area contributed by atoms with E-state index >= 15 is 0 Å². The first kappa shape index (κ1) is 7.74. The van der Waals surface area contributed by atoms with E-state index in [1.807, 2.05) is 0 Å². The standard InChI is InChI=1S/C4H6NO4/c1-2(3(6)7)5-4(8)9/h2,5H,1H3,(H,6,7). The van der Waals surface area contributed by atoms with E-state index in [4.69, 9.17) is 5.11 Å². The summed E-state index contributed by atoms with van der Waals surface area (Å²) in [4.78, 5) is 19.5. The van der Waals surface area contributed by atoms with Gasteiger partial charge >= 0.3 is 12.1 Å². The Bertz CT molecular complexity index is 133. The molecule has 0 aliphatic carbocycles. The molecule has 0 heterocycles. The Morgan fingerprint density at radius 3 is 2.11 bits per heavy atom. The maximum Gasteiger partial charge on any atom is 0.451 e. The van der Waals surface area contributed by atoms with Gasteiger partial charge in [0.25, 0.3) is 0 Å². The molecule has 0 aromatic rings. The van der Waals surface area contributed by atoms with Crippen LogP contribution >= 0.6 is 0 Å². The number of rotatable bonds is 2. The van der Waals surface area contributed by atoms with Crippen molar-refractivity contribution < 1.29 is 19.8 Å². The fourth-order valence-corrected chi connectivity index (χ4v) is 0.239. The molecule has 0 rings (SSSR count). The summed E-state index contributed by atoms with van der Waals surface area (Å²) in [6.45, 7) is 1.21. The molecule has 51 valence electrons. The summed E-state index contributed by atoms with van der Waals surface area (Å²) >= 11 is 0. The third kappa shape index (κ3) is 3.33. The van der Waals surface area contributed by atoms with Gasteiger partial charge in [-0.15, -0.1) is 0 Å². The largest absolute Gasteiger partial charge is 0.480 e. The van der Waals surface area contributed by atoms with Crippen molar-refractivity contribution in [1.82, 2.24) is 5.32 Å². The van der Waals surface area contributed by atoms with Gasteiger partial charge in [-0.05, 0) is 6.92 Å². The van der Waals surface area contributed by atoms with Crippen LogP contribution in [0.15, 0.2) is 0 Å². The summed E-state index contributed by atoms with van der Waals surface area (Å²) in [7, 11) is 0. The van der Waals surface area contributed by atoms with Crippen molar-refractivity contribution in [2.45, 2.75) is 13.0 Å². The van der Waals surface area contributed by atoms with E-state index in [2.05, 4.69) is 0 Å². The number of aliphatic carboxylic acids is 1. The zero-order valence-electron chi connectivity index (χ0n) is 4.75. The van der Waals surface area contributed by atoms with Gasteiger partial charge in [0.1, 0.15) is 6.04 Å². The van der Waals surface area contributed by atoms with Gasteiger partial charge in [0, 0.05) is 0 Å². The average molecular weight is 132 g/mol. The van der Waals surface area contributed by atoms with Crippen LogP contribution in [-0.4, -0.2) is 23.2 Å². The Balaban J connectivity index is 3.63. The highest BCUT2D eigenvalue weighted by molar-refractivity contribution is 5.78. The van der Waals surface area contributed by atoms with Crippen molar-refractivity contribution in [2.24, 2.45) is 0 Å². The zero-order chi connectivity index (χ0) is 7.44. The molecule has 1 atom stereocenters. The molecule has 0 saturated heterocycles. The van der Waals surface area contributed by atoms with Gasteiger partial charge in [0.15, 0.2) is 0 Å². The summed E-state index contributed by atoms with van der Waals surface area (Å²) in [5.74, 6) is -1.22. The summed E-state index contributed by atoms with van der Waals surface area (Å²) in [6.07, 6.45) is -1.58. The van der Waals surface area contributed by atoms with Crippen molar-refractivity contribution in [2.75, 3.05) is 0 Å². The van der Waals surface area contributed by atoms with Gasteiger partial charge in [-0.3, -0.25) is 4.79 Å². The van der Waals surface area contributed by atoms with Gasteiger partial charge in [-0.2, -0.15) is 0 Å². The fourth-order valence-electron chi connectivity index (χ4n) is 0.239. The molecule has 0 aromatic carbocycles. The number of hydrogen-bond acceptors (Lipinski definition) is 2. The van der Waals surface area contributed by atoms with E-state index in [0.717, 1.165) is 0 Å². The van der Waals surface area contributed by atoms with E-state index in [-0.39, 0.29) is 0 Å². The molecule has 0 fully saturated rings.